The van der Waals surface area contributed by atoms with Crippen LogP contribution in [0.1, 0.15) is 31.1 Å². The largest absolute Gasteiger partial charge is 0.444 e. The minimum Gasteiger partial charge on any atom is -0.444 e. The van der Waals surface area contributed by atoms with Gasteiger partial charge in [0.05, 0.1) is 6.54 Å². The third-order valence-electron chi connectivity index (χ3n) is 2.67. The molecule has 0 aliphatic heterocycles. The molecule has 1 aromatic carbocycles. The Hall–Kier alpha value is -2.57. The summed E-state index contributed by atoms with van der Waals surface area (Å²) in [6, 6.07) is 6.39. The Morgan fingerprint density at radius 1 is 1.17 bits per heavy atom. The summed E-state index contributed by atoms with van der Waals surface area (Å²) >= 11 is 0. The Balaban J connectivity index is 2.67. The highest BCUT2D eigenvalue weighted by Crippen LogP contribution is 2.13. The first-order chi connectivity index (χ1) is 10.6. The van der Waals surface area contributed by atoms with E-state index in [1.165, 1.54) is 11.0 Å². The van der Waals surface area contributed by atoms with Crippen molar-refractivity contribution in [3.8, 4) is 0 Å². The van der Waals surface area contributed by atoms with Gasteiger partial charge in [-0.15, -0.1) is 0 Å². The van der Waals surface area contributed by atoms with Crippen molar-refractivity contribution in [1.82, 2.24) is 10.2 Å². The number of carbonyl (C=O) groups excluding carboxylic acids is 3. The van der Waals surface area contributed by atoms with E-state index in [0.717, 1.165) is 0 Å². The van der Waals surface area contributed by atoms with Crippen molar-refractivity contribution in [1.29, 1.82) is 0 Å². The molecule has 0 unspecified atom stereocenters. The molecule has 0 aliphatic rings. The summed E-state index contributed by atoms with van der Waals surface area (Å²) in [5.41, 5.74) is 0.168. The molecule has 2 N–H and O–H groups in total. The van der Waals surface area contributed by atoms with E-state index in [1.807, 2.05) is 0 Å². The molecule has 0 saturated heterocycles. The van der Waals surface area contributed by atoms with E-state index in [-0.39, 0.29) is 12.5 Å². The van der Waals surface area contributed by atoms with Gasteiger partial charge in [0.1, 0.15) is 5.60 Å². The quantitative estimate of drug-likeness (QED) is 0.886. The molecule has 3 amide bonds. The molecule has 7 nitrogen and oxygen atoms in total. The highest BCUT2D eigenvalue weighted by Gasteiger charge is 2.16. The molecule has 0 fully saturated rings. The Kier molecular flexibility index (Phi) is 6.12. The van der Waals surface area contributed by atoms with Crippen LogP contribution < -0.4 is 10.6 Å². The SMILES string of the molecule is CN(C)C(=O)CNC(=O)c1cccc(NC(=O)OC(C)(C)C)c1. The number of benzene rings is 1. The first kappa shape index (κ1) is 18.5. The Morgan fingerprint density at radius 2 is 1.83 bits per heavy atom. The van der Waals surface area contributed by atoms with E-state index in [2.05, 4.69) is 10.6 Å². The summed E-state index contributed by atoms with van der Waals surface area (Å²) in [6.07, 6.45) is -0.599. The van der Waals surface area contributed by atoms with Gasteiger partial charge in [0.15, 0.2) is 0 Å². The predicted octanol–water partition coefficient (Wildman–Crippen LogP) is 1.85. The molecular weight excluding hydrogens is 298 g/mol. The second-order valence-electron chi connectivity index (χ2n) is 6.18. The van der Waals surface area contributed by atoms with Crippen molar-refractivity contribution in [3.63, 3.8) is 0 Å². The van der Waals surface area contributed by atoms with E-state index < -0.39 is 17.6 Å². The van der Waals surface area contributed by atoms with E-state index in [1.54, 1.807) is 53.1 Å². The minimum atomic E-state index is -0.606. The molecule has 0 heterocycles. The lowest BCUT2D eigenvalue weighted by molar-refractivity contribution is -0.127. The molecule has 0 saturated carbocycles. The molecule has 23 heavy (non-hydrogen) atoms. The summed E-state index contributed by atoms with van der Waals surface area (Å²) in [7, 11) is 3.22. The average Bonchev–Trinajstić information content (AvgIpc) is 2.42. The van der Waals surface area contributed by atoms with Crippen molar-refractivity contribution < 1.29 is 19.1 Å². The van der Waals surface area contributed by atoms with Crippen LogP contribution >= 0.6 is 0 Å². The Labute approximate surface area is 136 Å². The molecule has 126 valence electrons. The minimum absolute atomic E-state index is 0.0877. The normalized spacial score (nSPS) is 10.7. The number of carbonyl (C=O) groups is 3. The number of ether oxygens (including phenoxy) is 1. The maximum Gasteiger partial charge on any atom is 0.412 e. The zero-order valence-corrected chi connectivity index (χ0v) is 14.1. The first-order valence-corrected chi connectivity index (χ1v) is 7.17. The van der Waals surface area contributed by atoms with Gasteiger partial charge in [0.25, 0.3) is 5.91 Å². The smallest absolute Gasteiger partial charge is 0.412 e. The van der Waals surface area contributed by atoms with Crippen LogP contribution in [0.3, 0.4) is 0 Å². The second kappa shape index (κ2) is 7.62. The van der Waals surface area contributed by atoms with Gasteiger partial charge in [-0.1, -0.05) is 6.07 Å². The molecule has 7 heteroatoms. The van der Waals surface area contributed by atoms with Gasteiger partial charge < -0.3 is 15.0 Å². The topological polar surface area (TPSA) is 87.7 Å². The van der Waals surface area contributed by atoms with Gasteiger partial charge in [-0.3, -0.25) is 14.9 Å². The summed E-state index contributed by atoms with van der Waals surface area (Å²) < 4.78 is 5.15. The highest BCUT2D eigenvalue weighted by molar-refractivity contribution is 5.98. The van der Waals surface area contributed by atoms with Gasteiger partial charge >= 0.3 is 6.09 Å². The lowest BCUT2D eigenvalue weighted by Crippen LogP contribution is -2.36. The Bertz CT molecular complexity index is 591. The molecule has 1 aromatic rings. The number of nitrogens with zero attached hydrogens (tertiary/aromatic N) is 1. The molecular formula is C16H23N3O4. The molecule has 1 rings (SSSR count). The summed E-state index contributed by atoms with van der Waals surface area (Å²) in [6.45, 7) is 5.20. The van der Waals surface area contributed by atoms with Crippen LogP contribution in [0.4, 0.5) is 10.5 Å². The van der Waals surface area contributed by atoms with Crippen LogP contribution in [-0.4, -0.2) is 49.0 Å². The van der Waals surface area contributed by atoms with Crippen LogP contribution in [0, 0.1) is 0 Å². The number of anilines is 1. The third kappa shape index (κ3) is 6.82. The Morgan fingerprint density at radius 3 is 2.39 bits per heavy atom. The second-order valence-corrected chi connectivity index (χ2v) is 6.18. The maximum atomic E-state index is 12.0. The van der Waals surface area contributed by atoms with Crippen LogP contribution in [0.5, 0.6) is 0 Å². The zero-order chi connectivity index (χ0) is 17.6. The van der Waals surface area contributed by atoms with E-state index >= 15 is 0 Å². The third-order valence-corrected chi connectivity index (χ3v) is 2.67. The average molecular weight is 321 g/mol. The van der Waals surface area contributed by atoms with Crippen LogP contribution in [0.25, 0.3) is 0 Å². The summed E-state index contributed by atoms with van der Waals surface area (Å²) in [5, 5.41) is 5.09. The lowest BCUT2D eigenvalue weighted by atomic mass is 10.2. The van der Waals surface area contributed by atoms with Crippen molar-refractivity contribution in [2.45, 2.75) is 26.4 Å². The zero-order valence-electron chi connectivity index (χ0n) is 14.1. The number of likely N-dealkylation sites (N-methyl/N-ethyl adjacent to an activating group) is 1. The van der Waals surface area contributed by atoms with Gasteiger partial charge in [-0.05, 0) is 39.0 Å². The summed E-state index contributed by atoms with van der Waals surface area (Å²) in [5.74, 6) is -0.602. The van der Waals surface area contributed by atoms with Gasteiger partial charge in [0, 0.05) is 25.3 Å². The van der Waals surface area contributed by atoms with Crippen LogP contribution in [0.15, 0.2) is 24.3 Å². The molecule has 0 aliphatic carbocycles. The van der Waals surface area contributed by atoms with Crippen LogP contribution in [0.2, 0.25) is 0 Å². The van der Waals surface area contributed by atoms with Gasteiger partial charge in [-0.2, -0.15) is 0 Å². The summed E-state index contributed by atoms with van der Waals surface area (Å²) in [4.78, 5) is 36.6. The van der Waals surface area contributed by atoms with Crippen molar-refractivity contribution >= 4 is 23.6 Å². The fourth-order valence-corrected chi connectivity index (χ4v) is 1.58. The fourth-order valence-electron chi connectivity index (χ4n) is 1.58. The van der Waals surface area contributed by atoms with E-state index in [4.69, 9.17) is 4.74 Å². The highest BCUT2D eigenvalue weighted by atomic mass is 16.6. The monoisotopic (exact) mass is 321 g/mol. The lowest BCUT2D eigenvalue weighted by Gasteiger charge is -2.19. The number of rotatable bonds is 4. The van der Waals surface area contributed by atoms with E-state index in [0.29, 0.717) is 11.3 Å². The van der Waals surface area contributed by atoms with E-state index in [9.17, 15) is 14.4 Å². The first-order valence-electron chi connectivity index (χ1n) is 7.17. The molecule has 0 aromatic heterocycles. The molecule has 0 atom stereocenters. The number of hydrogen-bond acceptors (Lipinski definition) is 4. The maximum absolute atomic E-state index is 12.0. The van der Waals surface area contributed by atoms with Crippen molar-refractivity contribution in [2.24, 2.45) is 0 Å². The van der Waals surface area contributed by atoms with Gasteiger partial charge in [-0.25, -0.2) is 4.79 Å². The number of amides is 3. The molecule has 0 radical (unpaired) electrons. The number of hydrogen-bond donors (Lipinski definition) is 2. The van der Waals surface area contributed by atoms with Gasteiger partial charge in [0.2, 0.25) is 5.91 Å². The number of nitrogens with one attached hydrogen (secondary N) is 2. The van der Waals surface area contributed by atoms with Crippen LogP contribution in [-0.2, 0) is 9.53 Å². The van der Waals surface area contributed by atoms with Crippen molar-refractivity contribution in [3.05, 3.63) is 29.8 Å². The molecule has 0 spiro atoms. The molecule has 0 bridgehead atoms. The standard InChI is InChI=1S/C16H23N3O4/c1-16(2,3)23-15(22)18-12-8-6-7-11(9-12)14(21)17-10-13(20)19(4)5/h6-9H,10H2,1-5H3,(H,17,21)(H,18,22). The predicted molar refractivity (Wildman–Crippen MR) is 87.3 cm³/mol. The fraction of sp³-hybridized carbons (Fsp3) is 0.438. The van der Waals surface area contributed by atoms with Crippen molar-refractivity contribution in [2.75, 3.05) is 26.0 Å².